The fraction of sp³-hybridized carbons (Fsp3) is 0.125. The van der Waals surface area contributed by atoms with Crippen LogP contribution in [0.25, 0.3) is 0 Å². The molecule has 0 aromatic heterocycles. The summed E-state index contributed by atoms with van der Waals surface area (Å²) >= 11 is 6.71. The van der Waals surface area contributed by atoms with E-state index in [0.29, 0.717) is 5.56 Å². The third-order valence-electron chi connectivity index (χ3n) is 1.36. The van der Waals surface area contributed by atoms with E-state index < -0.39 is 5.97 Å². The van der Waals surface area contributed by atoms with Gasteiger partial charge in [-0.05, 0) is 30.7 Å². The van der Waals surface area contributed by atoms with Gasteiger partial charge in [0.25, 0.3) is 0 Å². The molecular formula is C8H7BrO2S. The Labute approximate surface area is 84.7 Å². The fourth-order valence-electron chi connectivity index (χ4n) is 0.907. The van der Waals surface area contributed by atoms with E-state index in [2.05, 4.69) is 33.0 Å². The minimum absolute atomic E-state index is 0.442. The molecule has 1 aromatic rings. The maximum atomic E-state index is 11.0. The van der Waals surface area contributed by atoms with Gasteiger partial charge in [0.2, 0.25) is 0 Å². The average molecular weight is 247 g/mol. The van der Waals surface area contributed by atoms with Gasteiger partial charge in [-0.25, -0.2) is 4.79 Å². The summed E-state index contributed by atoms with van der Waals surface area (Å²) < 4.78 is 5.14. The van der Waals surface area contributed by atoms with Crippen LogP contribution in [0.4, 0.5) is 0 Å². The molecule has 2 nitrogen and oxygen atoms in total. The Hall–Kier alpha value is -0.480. The lowest BCUT2D eigenvalue weighted by atomic mass is 10.1. The molecule has 4 heteroatoms. The van der Waals surface area contributed by atoms with Gasteiger partial charge in [0, 0.05) is 17.4 Å². The molecule has 0 N–H and O–H groups in total. The zero-order chi connectivity index (χ0) is 9.14. The molecule has 0 fully saturated rings. The van der Waals surface area contributed by atoms with E-state index in [-0.39, 0.29) is 0 Å². The molecule has 64 valence electrons. The first-order valence-electron chi connectivity index (χ1n) is 3.26. The Balaban J connectivity index is 3.08. The van der Waals surface area contributed by atoms with Crippen LogP contribution < -0.4 is 0 Å². The van der Waals surface area contributed by atoms with Crippen LogP contribution in [0.5, 0.6) is 0 Å². The lowest BCUT2D eigenvalue weighted by Gasteiger charge is -2.00. The number of hydrogen-bond donors (Lipinski definition) is 1. The molecule has 1 aromatic carbocycles. The summed E-state index contributed by atoms with van der Waals surface area (Å²) in [4.78, 5) is 11.0. The lowest BCUT2D eigenvalue weighted by molar-refractivity contribution is 0.0772. The zero-order valence-electron chi connectivity index (χ0n) is 6.37. The number of carbonyl (C=O) groups is 1. The van der Waals surface area contributed by atoms with Crippen molar-refractivity contribution in [1.82, 2.24) is 0 Å². The van der Waals surface area contributed by atoms with Crippen LogP contribution in [0, 0.1) is 6.92 Å². The van der Waals surface area contributed by atoms with E-state index in [1.165, 1.54) is 0 Å². The minimum atomic E-state index is -0.442. The average Bonchev–Trinajstić information content (AvgIpc) is 2.01. The number of thiol groups is 1. The van der Waals surface area contributed by atoms with Crippen LogP contribution in [0.3, 0.4) is 0 Å². The zero-order valence-corrected chi connectivity index (χ0v) is 8.85. The van der Waals surface area contributed by atoms with Crippen LogP contribution in [0.2, 0.25) is 0 Å². The van der Waals surface area contributed by atoms with Crippen LogP contribution >= 0.6 is 28.8 Å². The van der Waals surface area contributed by atoms with Crippen LogP contribution in [-0.2, 0) is 4.18 Å². The van der Waals surface area contributed by atoms with Crippen molar-refractivity contribution in [3.63, 3.8) is 0 Å². The van der Waals surface area contributed by atoms with E-state index in [1.807, 2.05) is 13.0 Å². The van der Waals surface area contributed by atoms with E-state index in [1.54, 1.807) is 12.1 Å². The van der Waals surface area contributed by atoms with Crippen LogP contribution in [0.15, 0.2) is 22.7 Å². The molecule has 0 saturated carbocycles. The number of halogens is 1. The molecule has 0 aliphatic heterocycles. The van der Waals surface area contributed by atoms with E-state index >= 15 is 0 Å². The van der Waals surface area contributed by atoms with Gasteiger partial charge in [-0.1, -0.05) is 15.9 Å². The molecule has 0 saturated heterocycles. The van der Waals surface area contributed by atoms with Crippen LogP contribution in [-0.4, -0.2) is 5.97 Å². The predicted octanol–water partition coefficient (Wildman–Crippen LogP) is 2.76. The quantitative estimate of drug-likeness (QED) is 0.610. The summed E-state index contributed by atoms with van der Waals surface area (Å²) in [5, 5.41) is 0. The second kappa shape index (κ2) is 3.96. The van der Waals surface area contributed by atoms with Crippen molar-refractivity contribution in [2.24, 2.45) is 0 Å². The van der Waals surface area contributed by atoms with Crippen molar-refractivity contribution in [1.29, 1.82) is 0 Å². The Morgan fingerprint density at radius 1 is 1.50 bits per heavy atom. The SMILES string of the molecule is Cc1cc(Br)cc(C(=O)OS)c1. The summed E-state index contributed by atoms with van der Waals surface area (Å²) in [5.74, 6) is -0.442. The van der Waals surface area contributed by atoms with Gasteiger partial charge in [0.1, 0.15) is 0 Å². The smallest absolute Gasteiger partial charge is 0.349 e. The molecule has 0 unspecified atom stereocenters. The molecular weight excluding hydrogens is 240 g/mol. The Bertz CT molecular complexity index is 292. The molecule has 12 heavy (non-hydrogen) atoms. The van der Waals surface area contributed by atoms with Crippen molar-refractivity contribution in [2.75, 3.05) is 0 Å². The number of benzene rings is 1. The number of aryl methyl sites for hydroxylation is 1. The van der Waals surface area contributed by atoms with Gasteiger partial charge in [0.15, 0.2) is 0 Å². The van der Waals surface area contributed by atoms with Crippen molar-refractivity contribution < 1.29 is 8.98 Å². The summed E-state index contributed by atoms with van der Waals surface area (Å²) in [6, 6.07) is 5.34. The highest BCUT2D eigenvalue weighted by Gasteiger charge is 2.06. The van der Waals surface area contributed by atoms with Crippen LogP contribution in [0.1, 0.15) is 15.9 Å². The van der Waals surface area contributed by atoms with E-state index in [4.69, 9.17) is 0 Å². The van der Waals surface area contributed by atoms with Gasteiger partial charge >= 0.3 is 5.97 Å². The Morgan fingerprint density at radius 2 is 2.17 bits per heavy atom. The monoisotopic (exact) mass is 246 g/mol. The van der Waals surface area contributed by atoms with Gasteiger partial charge < -0.3 is 4.18 Å². The molecule has 0 bridgehead atoms. The van der Waals surface area contributed by atoms with Gasteiger partial charge in [-0.15, -0.1) is 0 Å². The predicted molar refractivity (Wildman–Crippen MR) is 53.3 cm³/mol. The van der Waals surface area contributed by atoms with Gasteiger partial charge in [-0.2, -0.15) is 0 Å². The number of hydrogen-bond acceptors (Lipinski definition) is 3. The summed E-state index contributed by atoms with van der Waals surface area (Å²) in [5.41, 5.74) is 1.50. The highest BCUT2D eigenvalue weighted by Crippen LogP contribution is 2.16. The fourth-order valence-corrected chi connectivity index (χ4v) is 1.62. The molecule has 0 heterocycles. The first kappa shape index (κ1) is 9.61. The largest absolute Gasteiger partial charge is 0.391 e. The number of rotatable bonds is 1. The lowest BCUT2D eigenvalue weighted by Crippen LogP contribution is -1.98. The molecule has 0 amide bonds. The van der Waals surface area contributed by atoms with Crippen molar-refractivity contribution in [3.8, 4) is 0 Å². The summed E-state index contributed by atoms with van der Waals surface area (Å²) in [7, 11) is 0. The molecule has 0 aliphatic carbocycles. The van der Waals surface area contributed by atoms with Gasteiger partial charge in [-0.3, -0.25) is 0 Å². The van der Waals surface area contributed by atoms with E-state index in [0.717, 1.165) is 10.0 Å². The third kappa shape index (κ3) is 2.25. The molecule has 0 aliphatic rings. The maximum absolute atomic E-state index is 11.0. The summed E-state index contributed by atoms with van der Waals surface area (Å²) in [6.07, 6.45) is 0. The van der Waals surface area contributed by atoms with Crippen molar-refractivity contribution in [3.05, 3.63) is 33.8 Å². The topological polar surface area (TPSA) is 26.3 Å². The molecule has 0 radical (unpaired) electrons. The first-order chi connectivity index (χ1) is 5.63. The second-order valence-electron chi connectivity index (χ2n) is 2.40. The van der Waals surface area contributed by atoms with Crippen molar-refractivity contribution >= 4 is 34.8 Å². The van der Waals surface area contributed by atoms with Crippen molar-refractivity contribution in [2.45, 2.75) is 6.92 Å². The minimum Gasteiger partial charge on any atom is -0.391 e. The van der Waals surface area contributed by atoms with E-state index in [9.17, 15) is 4.79 Å². The third-order valence-corrected chi connectivity index (χ3v) is 1.98. The number of carbonyl (C=O) groups excluding carboxylic acids is 1. The van der Waals surface area contributed by atoms with Gasteiger partial charge in [0.05, 0.1) is 5.56 Å². The Morgan fingerprint density at radius 3 is 2.67 bits per heavy atom. The highest BCUT2D eigenvalue weighted by atomic mass is 79.9. The standard InChI is InChI=1S/C8H7BrO2S/c1-5-2-6(8(10)11-12)4-7(9)3-5/h2-4,12H,1H3. The Kier molecular flexibility index (Phi) is 3.17. The molecule has 0 atom stereocenters. The first-order valence-corrected chi connectivity index (χ1v) is 4.42. The maximum Gasteiger partial charge on any atom is 0.349 e. The molecule has 1 rings (SSSR count). The normalized spacial score (nSPS) is 9.58. The summed E-state index contributed by atoms with van der Waals surface area (Å²) in [6.45, 7) is 1.90. The highest BCUT2D eigenvalue weighted by molar-refractivity contribution is 9.10. The molecule has 0 spiro atoms. The second-order valence-corrected chi connectivity index (χ2v) is 3.49.